The van der Waals surface area contributed by atoms with E-state index in [4.69, 9.17) is 15.1 Å². The number of benzene rings is 6. The van der Waals surface area contributed by atoms with Gasteiger partial charge >= 0.3 is 0 Å². The molecule has 0 saturated heterocycles. The van der Waals surface area contributed by atoms with Crippen LogP contribution in [0.25, 0.3) is 75.8 Å². The third-order valence-electron chi connectivity index (χ3n) is 7.48. The fraction of sp³-hybridized carbons (Fsp3) is 0. The van der Waals surface area contributed by atoms with Gasteiger partial charge < -0.3 is 10.2 Å². The van der Waals surface area contributed by atoms with E-state index >= 15 is 0 Å². The van der Waals surface area contributed by atoms with Gasteiger partial charge in [-0.15, -0.1) is 11.3 Å². The Morgan fingerprint density at radius 3 is 2.21 bits per heavy atom. The molecule has 2 N–H and O–H groups in total. The van der Waals surface area contributed by atoms with E-state index < -0.39 is 0 Å². The number of thiazole rings is 1. The molecule has 8 aromatic rings. The van der Waals surface area contributed by atoms with Gasteiger partial charge in [0.15, 0.2) is 0 Å². The minimum atomic E-state index is 0.728. The Balaban J connectivity index is 1.47. The number of anilines is 1. The zero-order valence-corrected chi connectivity index (χ0v) is 21.7. The molecule has 0 atom stereocenters. The Labute approximate surface area is 228 Å². The van der Waals surface area contributed by atoms with E-state index in [2.05, 4.69) is 84.9 Å². The lowest BCUT2D eigenvalue weighted by atomic mass is 9.94. The summed E-state index contributed by atoms with van der Waals surface area (Å²) in [7, 11) is 0. The number of hydrogen-bond donors (Lipinski definition) is 1. The molecule has 8 rings (SSSR count). The number of furan rings is 1. The number of rotatable bonds is 3. The lowest BCUT2D eigenvalue weighted by Gasteiger charge is -2.11. The molecule has 0 amide bonds. The fourth-order valence-corrected chi connectivity index (χ4v) is 6.71. The first-order valence-electron chi connectivity index (χ1n) is 12.9. The number of nitrogens with zero attached hydrogens (tertiary/aromatic N) is 1. The number of aromatic nitrogens is 1. The lowest BCUT2D eigenvalue weighted by molar-refractivity contribution is 0.670. The first-order chi connectivity index (χ1) is 19.2. The highest BCUT2D eigenvalue weighted by molar-refractivity contribution is 7.21. The van der Waals surface area contributed by atoms with Crippen LogP contribution < -0.4 is 5.73 Å². The van der Waals surface area contributed by atoms with E-state index in [0.717, 1.165) is 65.1 Å². The molecule has 39 heavy (non-hydrogen) atoms. The zero-order valence-electron chi connectivity index (χ0n) is 20.9. The summed E-state index contributed by atoms with van der Waals surface area (Å²) in [5.41, 5.74) is 15.2. The Morgan fingerprint density at radius 1 is 0.590 bits per heavy atom. The van der Waals surface area contributed by atoms with Crippen LogP contribution in [0.3, 0.4) is 0 Å². The zero-order chi connectivity index (χ0) is 25.9. The SMILES string of the molecule is Nc1ccccc1-c1nc2c(-c3cccc4c3oc3ccccc34)cc(-c3cccc4ccccc34)cc2s1. The molecular formula is C35H22N2OS. The van der Waals surface area contributed by atoms with Crippen LogP contribution in [0, 0.1) is 0 Å². The van der Waals surface area contributed by atoms with E-state index in [-0.39, 0.29) is 0 Å². The summed E-state index contributed by atoms with van der Waals surface area (Å²) in [6, 6.07) is 42.1. The minimum Gasteiger partial charge on any atom is -0.455 e. The van der Waals surface area contributed by atoms with Crippen molar-refractivity contribution in [3.05, 3.63) is 121 Å². The first kappa shape index (κ1) is 22.1. The maximum atomic E-state index is 6.47. The molecule has 0 spiro atoms. The summed E-state index contributed by atoms with van der Waals surface area (Å²) in [5, 5.41) is 5.58. The van der Waals surface area contributed by atoms with Crippen LogP contribution in [0.1, 0.15) is 0 Å². The largest absolute Gasteiger partial charge is 0.455 e. The summed E-state index contributed by atoms with van der Waals surface area (Å²) in [6.07, 6.45) is 0. The Morgan fingerprint density at radius 2 is 1.28 bits per heavy atom. The summed E-state index contributed by atoms with van der Waals surface area (Å²) in [6.45, 7) is 0. The first-order valence-corrected chi connectivity index (χ1v) is 13.7. The quantitative estimate of drug-likeness (QED) is 0.237. The third-order valence-corrected chi connectivity index (χ3v) is 8.52. The lowest BCUT2D eigenvalue weighted by Crippen LogP contribution is -1.89. The predicted octanol–water partition coefficient (Wildman–Crippen LogP) is 9.93. The summed E-state index contributed by atoms with van der Waals surface area (Å²) in [5.74, 6) is 0. The van der Waals surface area contributed by atoms with Gasteiger partial charge in [-0.3, -0.25) is 0 Å². The minimum absolute atomic E-state index is 0.728. The highest BCUT2D eigenvalue weighted by atomic mass is 32.1. The molecule has 6 aromatic carbocycles. The van der Waals surface area contributed by atoms with Crippen LogP contribution in [0.15, 0.2) is 126 Å². The molecule has 0 aliphatic carbocycles. The van der Waals surface area contributed by atoms with Gasteiger partial charge in [0.25, 0.3) is 0 Å². The molecule has 0 aliphatic heterocycles. The highest BCUT2D eigenvalue weighted by Gasteiger charge is 2.19. The van der Waals surface area contributed by atoms with Crippen molar-refractivity contribution in [1.29, 1.82) is 0 Å². The molecule has 184 valence electrons. The van der Waals surface area contributed by atoms with Gasteiger partial charge in [0.2, 0.25) is 0 Å². The highest BCUT2D eigenvalue weighted by Crippen LogP contribution is 2.44. The molecule has 0 bridgehead atoms. The molecule has 0 saturated carbocycles. The monoisotopic (exact) mass is 518 g/mol. The van der Waals surface area contributed by atoms with Gasteiger partial charge in [-0.2, -0.15) is 0 Å². The van der Waals surface area contributed by atoms with Crippen molar-refractivity contribution < 1.29 is 4.42 Å². The second-order valence-corrected chi connectivity index (χ2v) is 10.8. The van der Waals surface area contributed by atoms with Crippen LogP contribution in [-0.2, 0) is 0 Å². The van der Waals surface area contributed by atoms with Crippen LogP contribution in [0.4, 0.5) is 5.69 Å². The molecule has 4 heteroatoms. The van der Waals surface area contributed by atoms with Crippen molar-refractivity contribution in [2.24, 2.45) is 0 Å². The van der Waals surface area contributed by atoms with Gasteiger partial charge in [0, 0.05) is 33.2 Å². The van der Waals surface area contributed by atoms with Crippen molar-refractivity contribution in [2.75, 3.05) is 5.73 Å². The van der Waals surface area contributed by atoms with E-state index in [0.29, 0.717) is 0 Å². The second-order valence-electron chi connectivity index (χ2n) is 9.78. The average molecular weight is 519 g/mol. The van der Waals surface area contributed by atoms with Gasteiger partial charge in [-0.05, 0) is 52.2 Å². The number of nitrogens with two attached hydrogens (primary N) is 1. The molecule has 0 unspecified atom stereocenters. The summed E-state index contributed by atoms with van der Waals surface area (Å²) >= 11 is 1.68. The molecule has 2 heterocycles. The molecule has 2 aromatic heterocycles. The van der Waals surface area contributed by atoms with E-state index in [1.165, 1.54) is 16.3 Å². The fourth-order valence-electron chi connectivity index (χ4n) is 5.63. The number of nitrogen functional groups attached to an aromatic ring is 1. The summed E-state index contributed by atoms with van der Waals surface area (Å²) in [4.78, 5) is 5.17. The molecule has 0 fully saturated rings. The molecular weight excluding hydrogens is 496 g/mol. The van der Waals surface area contributed by atoms with Crippen LogP contribution in [-0.4, -0.2) is 4.98 Å². The van der Waals surface area contributed by atoms with E-state index in [1.54, 1.807) is 11.3 Å². The van der Waals surface area contributed by atoms with Gasteiger partial charge in [0.1, 0.15) is 16.2 Å². The molecule has 3 nitrogen and oxygen atoms in total. The number of fused-ring (bicyclic) bond motifs is 5. The predicted molar refractivity (Wildman–Crippen MR) is 165 cm³/mol. The normalized spacial score (nSPS) is 11.7. The smallest absolute Gasteiger partial charge is 0.143 e. The maximum Gasteiger partial charge on any atom is 0.143 e. The standard InChI is InChI=1S/C35H22N2OS/c36-30-17-5-3-13-28(30)35-37-33-29(27-16-8-15-26-25-12-4-6-18-31(25)38-34(26)27)19-22(20-32(33)39-35)24-14-7-10-21-9-1-2-11-23(21)24/h1-20H,36H2. The molecule has 0 radical (unpaired) electrons. The van der Waals surface area contributed by atoms with Crippen molar-refractivity contribution in [3.8, 4) is 32.8 Å². The summed E-state index contributed by atoms with van der Waals surface area (Å²) < 4.78 is 7.58. The van der Waals surface area contributed by atoms with Gasteiger partial charge in [0.05, 0.1) is 10.2 Å². The van der Waals surface area contributed by atoms with Crippen molar-refractivity contribution >= 4 is 60.0 Å². The average Bonchev–Trinajstić information content (AvgIpc) is 3.58. The second kappa shape index (κ2) is 8.55. The van der Waals surface area contributed by atoms with E-state index in [1.807, 2.05) is 36.4 Å². The van der Waals surface area contributed by atoms with Crippen LogP contribution in [0.5, 0.6) is 0 Å². The number of para-hydroxylation sites is 3. The Hall–Kier alpha value is -4.93. The van der Waals surface area contributed by atoms with Crippen LogP contribution >= 0.6 is 11.3 Å². The van der Waals surface area contributed by atoms with Crippen molar-refractivity contribution in [3.63, 3.8) is 0 Å². The Bertz CT molecular complexity index is 2200. The van der Waals surface area contributed by atoms with Crippen molar-refractivity contribution in [1.82, 2.24) is 4.98 Å². The van der Waals surface area contributed by atoms with Crippen LogP contribution in [0.2, 0.25) is 0 Å². The maximum absolute atomic E-state index is 6.47. The number of hydrogen-bond acceptors (Lipinski definition) is 4. The third kappa shape index (κ3) is 3.46. The Kier molecular flexibility index (Phi) is 4.84. The topological polar surface area (TPSA) is 52.0 Å². The van der Waals surface area contributed by atoms with E-state index in [9.17, 15) is 0 Å². The van der Waals surface area contributed by atoms with Gasteiger partial charge in [-0.25, -0.2) is 4.98 Å². The van der Waals surface area contributed by atoms with Crippen molar-refractivity contribution in [2.45, 2.75) is 0 Å². The van der Waals surface area contributed by atoms with Gasteiger partial charge in [-0.1, -0.05) is 91.0 Å². The molecule has 0 aliphatic rings.